The van der Waals surface area contributed by atoms with Crippen LogP contribution >= 0.6 is 0 Å². The van der Waals surface area contributed by atoms with Gasteiger partial charge in [0.2, 0.25) is 0 Å². The van der Waals surface area contributed by atoms with Crippen molar-refractivity contribution in [1.82, 2.24) is 4.98 Å². The van der Waals surface area contributed by atoms with Crippen molar-refractivity contribution in [3.05, 3.63) is 35.5 Å². The van der Waals surface area contributed by atoms with Gasteiger partial charge in [0.25, 0.3) is 0 Å². The molecule has 1 nitrogen and oxygen atoms in total. The Morgan fingerprint density at radius 1 is 1.21 bits per heavy atom. The van der Waals surface area contributed by atoms with Crippen LogP contribution in [0.2, 0.25) is 0 Å². The van der Waals surface area contributed by atoms with Gasteiger partial charge in [-0.3, -0.25) is 0 Å². The first kappa shape index (κ1) is 7.97. The fraction of sp³-hybridized carbons (Fsp3) is 0.273. The van der Waals surface area contributed by atoms with Crippen LogP contribution in [0, 0.1) is 11.6 Å². The van der Waals surface area contributed by atoms with Gasteiger partial charge in [-0.25, -0.2) is 8.78 Å². The number of hydrogen-bond donors (Lipinski definition) is 1. The van der Waals surface area contributed by atoms with Crippen LogP contribution in [0.3, 0.4) is 0 Å². The Balaban J connectivity index is 2.33. The number of halogens is 2. The molecule has 0 atom stereocenters. The Bertz CT molecular complexity index is 497. The monoisotopic (exact) mass is 193 g/mol. The molecule has 1 saturated carbocycles. The molecule has 0 amide bonds. The summed E-state index contributed by atoms with van der Waals surface area (Å²) in [7, 11) is 0. The fourth-order valence-corrected chi connectivity index (χ4v) is 1.91. The van der Waals surface area contributed by atoms with Crippen LogP contribution in [0.25, 0.3) is 10.9 Å². The summed E-state index contributed by atoms with van der Waals surface area (Å²) in [4.78, 5) is 2.86. The van der Waals surface area contributed by atoms with Crippen molar-refractivity contribution >= 4 is 10.9 Å². The second-order valence-electron chi connectivity index (χ2n) is 3.83. The lowest BCUT2D eigenvalue weighted by Crippen LogP contribution is -1.82. The van der Waals surface area contributed by atoms with E-state index in [1.807, 2.05) is 0 Å². The van der Waals surface area contributed by atoms with Gasteiger partial charge in [-0.05, 0) is 30.4 Å². The van der Waals surface area contributed by atoms with Crippen LogP contribution < -0.4 is 0 Å². The minimum Gasteiger partial charge on any atom is -0.359 e. The zero-order valence-corrected chi connectivity index (χ0v) is 7.48. The third kappa shape index (κ3) is 1.05. The molecular formula is C11H9F2N. The van der Waals surface area contributed by atoms with Crippen molar-refractivity contribution in [1.29, 1.82) is 0 Å². The van der Waals surface area contributed by atoms with E-state index < -0.39 is 11.6 Å². The molecule has 1 aliphatic rings. The van der Waals surface area contributed by atoms with Crippen molar-refractivity contribution in [2.75, 3.05) is 0 Å². The fourth-order valence-electron chi connectivity index (χ4n) is 1.91. The topological polar surface area (TPSA) is 15.8 Å². The van der Waals surface area contributed by atoms with E-state index >= 15 is 0 Å². The van der Waals surface area contributed by atoms with Crippen LogP contribution in [0.5, 0.6) is 0 Å². The molecule has 0 radical (unpaired) electrons. The minimum absolute atomic E-state index is 0.424. The third-order valence-electron chi connectivity index (χ3n) is 2.76. The lowest BCUT2D eigenvalue weighted by atomic mass is 10.1. The highest BCUT2D eigenvalue weighted by atomic mass is 19.1. The normalized spacial score (nSPS) is 16.4. The maximum absolute atomic E-state index is 13.3. The Morgan fingerprint density at radius 3 is 2.71 bits per heavy atom. The lowest BCUT2D eigenvalue weighted by molar-refractivity contribution is 0.591. The molecule has 14 heavy (non-hydrogen) atoms. The summed E-state index contributed by atoms with van der Waals surface area (Å²) in [6.07, 6.45) is 4.06. The summed E-state index contributed by atoms with van der Waals surface area (Å²) in [6, 6.07) is 2.32. The highest BCUT2D eigenvalue weighted by Crippen LogP contribution is 2.43. The van der Waals surface area contributed by atoms with Gasteiger partial charge in [-0.2, -0.15) is 0 Å². The van der Waals surface area contributed by atoms with Crippen molar-refractivity contribution in [2.45, 2.75) is 18.8 Å². The highest BCUT2D eigenvalue weighted by Gasteiger charge is 2.26. The smallest absolute Gasteiger partial charge is 0.150 e. The standard InChI is InChI=1S/C11H9F2N/c12-7-3-8-9(6-1-2-6)5-14-11(8)10(13)4-7/h3-6,14H,1-2H2. The molecule has 0 saturated heterocycles. The molecule has 0 unspecified atom stereocenters. The van der Waals surface area contributed by atoms with Crippen molar-refractivity contribution in [2.24, 2.45) is 0 Å². The van der Waals surface area contributed by atoms with E-state index in [1.165, 1.54) is 6.07 Å². The van der Waals surface area contributed by atoms with Gasteiger partial charge in [-0.1, -0.05) is 0 Å². The van der Waals surface area contributed by atoms with E-state index in [0.717, 1.165) is 24.5 Å². The van der Waals surface area contributed by atoms with Gasteiger partial charge in [0, 0.05) is 17.6 Å². The summed E-state index contributed by atoms with van der Waals surface area (Å²) in [5.41, 5.74) is 1.48. The minimum atomic E-state index is -0.508. The number of fused-ring (bicyclic) bond motifs is 1. The summed E-state index contributed by atoms with van der Waals surface area (Å²) in [5, 5.41) is 0.699. The Hall–Kier alpha value is -1.38. The number of rotatable bonds is 1. The molecule has 0 bridgehead atoms. The van der Waals surface area contributed by atoms with Gasteiger partial charge in [0.05, 0.1) is 5.52 Å². The van der Waals surface area contributed by atoms with E-state index in [0.29, 0.717) is 16.8 Å². The average molecular weight is 193 g/mol. The second kappa shape index (κ2) is 2.56. The van der Waals surface area contributed by atoms with Gasteiger partial charge in [-0.15, -0.1) is 0 Å². The Kier molecular flexibility index (Phi) is 1.46. The Morgan fingerprint density at radius 2 is 2.00 bits per heavy atom. The summed E-state index contributed by atoms with van der Waals surface area (Å²) in [6.45, 7) is 0. The number of aromatic amines is 1. The molecular weight excluding hydrogens is 184 g/mol. The third-order valence-corrected chi connectivity index (χ3v) is 2.76. The first-order valence-electron chi connectivity index (χ1n) is 4.72. The quantitative estimate of drug-likeness (QED) is 0.715. The van der Waals surface area contributed by atoms with Gasteiger partial charge in [0.1, 0.15) is 11.6 Å². The molecule has 1 fully saturated rings. The maximum atomic E-state index is 13.3. The van der Waals surface area contributed by atoms with Crippen molar-refractivity contribution in [3.63, 3.8) is 0 Å². The molecule has 0 spiro atoms. The van der Waals surface area contributed by atoms with E-state index in [4.69, 9.17) is 0 Å². The predicted molar refractivity (Wildman–Crippen MR) is 50.2 cm³/mol. The molecule has 72 valence electrons. The molecule has 0 aliphatic heterocycles. The van der Waals surface area contributed by atoms with E-state index in [2.05, 4.69) is 4.98 Å². The second-order valence-corrected chi connectivity index (χ2v) is 3.83. The SMILES string of the molecule is Fc1cc(F)c2[nH]cc(C3CC3)c2c1. The van der Waals surface area contributed by atoms with E-state index in [9.17, 15) is 8.78 Å². The maximum Gasteiger partial charge on any atom is 0.150 e. The number of nitrogens with one attached hydrogen (secondary N) is 1. The van der Waals surface area contributed by atoms with Crippen LogP contribution in [-0.2, 0) is 0 Å². The summed E-state index contributed by atoms with van der Waals surface area (Å²) in [5.74, 6) is -0.506. The molecule has 3 rings (SSSR count). The number of hydrogen-bond acceptors (Lipinski definition) is 0. The van der Waals surface area contributed by atoms with Crippen LogP contribution in [0.1, 0.15) is 24.3 Å². The van der Waals surface area contributed by atoms with Crippen LogP contribution in [0.15, 0.2) is 18.3 Å². The first-order chi connectivity index (χ1) is 6.75. The molecule has 1 heterocycles. The van der Waals surface area contributed by atoms with Crippen LogP contribution in [0.4, 0.5) is 8.78 Å². The number of aromatic nitrogens is 1. The zero-order chi connectivity index (χ0) is 9.71. The lowest BCUT2D eigenvalue weighted by Gasteiger charge is -1.96. The molecule has 1 N–H and O–H groups in total. The van der Waals surface area contributed by atoms with Crippen LogP contribution in [-0.4, -0.2) is 4.98 Å². The molecule has 3 heteroatoms. The first-order valence-corrected chi connectivity index (χ1v) is 4.72. The molecule has 1 aliphatic carbocycles. The molecule has 1 aromatic carbocycles. The van der Waals surface area contributed by atoms with Crippen molar-refractivity contribution < 1.29 is 8.78 Å². The molecule has 2 aromatic rings. The van der Waals surface area contributed by atoms with E-state index in [-0.39, 0.29) is 0 Å². The van der Waals surface area contributed by atoms with Crippen molar-refractivity contribution in [3.8, 4) is 0 Å². The van der Waals surface area contributed by atoms with Gasteiger partial charge >= 0.3 is 0 Å². The summed E-state index contributed by atoms with van der Waals surface area (Å²) < 4.78 is 26.3. The molecule has 1 aromatic heterocycles. The van der Waals surface area contributed by atoms with Gasteiger partial charge in [0.15, 0.2) is 0 Å². The number of benzene rings is 1. The van der Waals surface area contributed by atoms with Gasteiger partial charge < -0.3 is 4.98 Å². The summed E-state index contributed by atoms with van der Waals surface area (Å²) >= 11 is 0. The Labute approximate surface area is 79.7 Å². The van der Waals surface area contributed by atoms with E-state index in [1.54, 1.807) is 6.20 Å². The average Bonchev–Trinajstić information content (AvgIpc) is 2.87. The predicted octanol–water partition coefficient (Wildman–Crippen LogP) is 3.32. The zero-order valence-electron chi connectivity index (χ0n) is 7.48. The largest absolute Gasteiger partial charge is 0.359 e. The highest BCUT2D eigenvalue weighted by molar-refractivity contribution is 5.84. The number of H-pyrrole nitrogens is 1.